The van der Waals surface area contributed by atoms with E-state index < -0.39 is 5.60 Å². The first kappa shape index (κ1) is 66.6. The molecule has 6 nitrogen and oxygen atoms in total. The van der Waals surface area contributed by atoms with E-state index in [9.17, 15) is 14.7 Å². The van der Waals surface area contributed by atoms with Gasteiger partial charge in [0.2, 0.25) is 0 Å². The predicted molar refractivity (Wildman–Crippen MR) is 323 cm³/mol. The van der Waals surface area contributed by atoms with Crippen LogP contribution in [0.4, 0.5) is 0 Å². The molecule has 3 rings (SSSR count). The van der Waals surface area contributed by atoms with E-state index in [-0.39, 0.29) is 46.2 Å². The highest BCUT2D eigenvalue weighted by Crippen LogP contribution is 2.66. The van der Waals surface area contributed by atoms with Crippen molar-refractivity contribution in [3.05, 3.63) is 113 Å². The molecule has 1 N–H and O–H groups in total. The van der Waals surface area contributed by atoms with Gasteiger partial charge in [0, 0.05) is 36.7 Å². The fraction of sp³-hybridized carbons (Fsp3) is 0.700. The molecule has 1 saturated heterocycles. The van der Waals surface area contributed by atoms with Gasteiger partial charge in [0.05, 0.1) is 5.60 Å². The monoisotopic (exact) mass is 1050 g/mol. The number of aliphatic hydroxyl groups is 1. The van der Waals surface area contributed by atoms with Gasteiger partial charge in [0.25, 0.3) is 0 Å². The van der Waals surface area contributed by atoms with Gasteiger partial charge in [-0.3, -0.25) is 9.59 Å². The molecule has 1 heterocycles. The Morgan fingerprint density at radius 2 is 0.895 bits per heavy atom. The smallest absolute Gasteiger partial charge is 0.306 e. The molecule has 0 aromatic heterocycles. The zero-order valence-electron chi connectivity index (χ0n) is 50.9. The van der Waals surface area contributed by atoms with Crippen LogP contribution in [0.5, 0.6) is 0 Å². The Bertz CT molecular complexity index is 2040. The van der Waals surface area contributed by atoms with E-state index in [1.54, 1.807) is 0 Å². The Hall–Kier alpha value is -3.70. The fourth-order valence-corrected chi connectivity index (χ4v) is 12.1. The predicted octanol–water partition coefficient (Wildman–Crippen LogP) is 20.0. The number of unbranched alkanes of at least 4 members (excludes halogenated alkanes) is 22. The molecule has 3 aliphatic rings. The minimum absolute atomic E-state index is 0.0543. The molecule has 1 aliphatic heterocycles. The van der Waals surface area contributed by atoms with Gasteiger partial charge in [-0.25, -0.2) is 0 Å². The van der Waals surface area contributed by atoms with Gasteiger partial charge in [0.15, 0.2) is 0 Å². The van der Waals surface area contributed by atoms with Crippen LogP contribution < -0.4 is 0 Å². The first-order valence-corrected chi connectivity index (χ1v) is 30.9. The first-order chi connectivity index (χ1) is 36.2. The average molecular weight is 1050 g/mol. The van der Waals surface area contributed by atoms with E-state index in [1.165, 1.54) is 128 Å². The van der Waals surface area contributed by atoms with Crippen LogP contribution in [0, 0.1) is 10.8 Å². The summed E-state index contributed by atoms with van der Waals surface area (Å²) in [7, 11) is 0. The van der Waals surface area contributed by atoms with Crippen molar-refractivity contribution in [3.8, 4) is 0 Å². The van der Waals surface area contributed by atoms with Crippen molar-refractivity contribution in [3.63, 3.8) is 0 Å². The summed E-state index contributed by atoms with van der Waals surface area (Å²) in [6.07, 6.45) is 61.0. The summed E-state index contributed by atoms with van der Waals surface area (Å²) in [5, 5.41) is 11.6. The van der Waals surface area contributed by atoms with Crippen LogP contribution in [0.1, 0.15) is 276 Å². The molecule has 5 atom stereocenters. The normalized spacial score (nSPS) is 24.9. The van der Waals surface area contributed by atoms with Gasteiger partial charge in [0.1, 0.15) is 23.4 Å². The summed E-state index contributed by atoms with van der Waals surface area (Å²) in [5.41, 5.74) is 6.40. The lowest BCUT2D eigenvalue weighted by Crippen LogP contribution is -2.47. The summed E-state index contributed by atoms with van der Waals surface area (Å²) in [4.78, 5) is 25.6. The zero-order valence-corrected chi connectivity index (χ0v) is 50.9. The van der Waals surface area contributed by atoms with Gasteiger partial charge in [-0.15, -0.1) is 5.73 Å². The van der Waals surface area contributed by atoms with Gasteiger partial charge >= 0.3 is 11.9 Å². The number of fused-ring (bicyclic) bond motifs is 1. The zero-order chi connectivity index (χ0) is 55.9. The maximum absolute atomic E-state index is 12.9. The molecule has 428 valence electrons. The van der Waals surface area contributed by atoms with Gasteiger partial charge in [-0.2, -0.15) is 0 Å². The second-order valence-electron chi connectivity index (χ2n) is 25.2. The molecule has 0 bridgehead atoms. The van der Waals surface area contributed by atoms with E-state index in [2.05, 4.69) is 142 Å². The molecular formula is C70H112O6. The van der Waals surface area contributed by atoms with Gasteiger partial charge < -0.3 is 19.3 Å². The van der Waals surface area contributed by atoms with E-state index in [1.807, 2.05) is 26.0 Å². The Morgan fingerprint density at radius 3 is 1.32 bits per heavy atom. The van der Waals surface area contributed by atoms with Gasteiger partial charge in [-0.1, -0.05) is 266 Å². The second-order valence-corrected chi connectivity index (χ2v) is 25.2. The van der Waals surface area contributed by atoms with Crippen LogP contribution in [-0.2, 0) is 23.8 Å². The third-order valence-electron chi connectivity index (χ3n) is 16.4. The molecule has 0 aromatic rings. The molecule has 0 radical (unpaired) electrons. The van der Waals surface area contributed by atoms with Gasteiger partial charge in [-0.05, 0) is 90.4 Å². The number of rotatable bonds is 37. The minimum Gasteiger partial charge on any atom is -0.462 e. The van der Waals surface area contributed by atoms with Crippen LogP contribution in [0.3, 0.4) is 0 Å². The molecule has 76 heavy (non-hydrogen) atoms. The summed E-state index contributed by atoms with van der Waals surface area (Å²) < 4.78 is 18.6. The van der Waals surface area contributed by atoms with Crippen molar-refractivity contribution in [2.75, 3.05) is 0 Å². The average Bonchev–Trinajstić information content (AvgIpc) is 3.97. The van der Waals surface area contributed by atoms with E-state index >= 15 is 0 Å². The van der Waals surface area contributed by atoms with Crippen LogP contribution in [-0.4, -0.2) is 46.1 Å². The molecule has 6 heteroatoms. The second kappa shape index (κ2) is 35.0. The quantitative estimate of drug-likeness (QED) is 0.0219. The van der Waals surface area contributed by atoms with Crippen molar-refractivity contribution in [2.45, 2.75) is 305 Å². The number of allylic oxidation sites excluding steroid dienone is 15. The van der Waals surface area contributed by atoms with Crippen LogP contribution in [0.15, 0.2) is 113 Å². The third kappa shape index (κ3) is 25.0. The Labute approximate surface area is 466 Å². The van der Waals surface area contributed by atoms with Crippen molar-refractivity contribution >= 4 is 11.9 Å². The maximum Gasteiger partial charge on any atom is 0.306 e. The highest BCUT2D eigenvalue weighted by Gasteiger charge is 2.75. The van der Waals surface area contributed by atoms with Crippen LogP contribution in [0.2, 0.25) is 0 Å². The Morgan fingerprint density at radius 1 is 0.513 bits per heavy atom. The van der Waals surface area contributed by atoms with E-state index in [0.29, 0.717) is 25.7 Å². The molecular weight excluding hydrogens is 937 g/mol. The SMILES string of the molecule is CCCCCCCCCCCCCCCC(=O)O[C@H]1CC(C)(C)[C@]2(/C=C/C(C)=C\C=C\C(C)=C\C=C\C=C(C)\C=C\C=C(/C)C=C=C3C(C)(C)C[C@H](OC(=O)CCCCCCCCCCCCC)C[C@@]3(C)O)O[C@]2(C)C1. The minimum atomic E-state index is -1.12. The molecule has 0 aromatic carbocycles. The molecule has 2 aliphatic carbocycles. The summed E-state index contributed by atoms with van der Waals surface area (Å²) >= 11 is 0. The van der Waals surface area contributed by atoms with E-state index in [0.717, 1.165) is 66.4 Å². The lowest BCUT2D eigenvalue weighted by molar-refractivity contribution is -0.156. The Balaban J connectivity index is 1.38. The lowest BCUT2D eigenvalue weighted by atomic mass is 9.63. The van der Waals surface area contributed by atoms with Crippen LogP contribution >= 0.6 is 0 Å². The number of carbonyl (C=O) groups excluding carboxylic acids is 2. The molecule has 0 amide bonds. The van der Waals surface area contributed by atoms with Crippen molar-refractivity contribution < 1.29 is 28.9 Å². The molecule has 0 unspecified atom stereocenters. The summed E-state index contributed by atoms with van der Waals surface area (Å²) in [5.74, 6) is -0.197. The number of hydrogen-bond acceptors (Lipinski definition) is 6. The number of carbonyl (C=O) groups is 2. The molecule has 0 spiro atoms. The van der Waals surface area contributed by atoms with Crippen molar-refractivity contribution in [1.29, 1.82) is 0 Å². The highest BCUT2D eigenvalue weighted by atomic mass is 16.6. The Kier molecular flexibility index (Phi) is 30.7. The number of epoxide rings is 1. The lowest BCUT2D eigenvalue weighted by Gasteiger charge is -2.44. The molecule has 3 fully saturated rings. The van der Waals surface area contributed by atoms with E-state index in [4.69, 9.17) is 14.2 Å². The first-order valence-electron chi connectivity index (χ1n) is 30.9. The standard InChI is InChI=1S/C70H112O6/c1-13-15-17-19-21-23-25-26-28-30-32-34-36-48-65(72)75-62-54-67(9,10)70(69(12,56-62)76-70)52-51-60(6)46-40-44-58(4)42-38-37-41-57(3)43-39-45-59(5)49-50-63-66(7,8)53-61(55-68(63,11)73)74-64(71)47-35-33-31-29-27-24-22-20-18-16-14-2/h37-46,49,51-52,61-62,73H,13-36,47-48,53-56H2,1-12H3/b38-37+,43-39+,44-40+,52-51+,57-41+,58-42+,59-45+,60-46-/t50?,61-,62-,68+,69+,70-/m0/s1. The van der Waals surface area contributed by atoms with Crippen molar-refractivity contribution in [1.82, 2.24) is 0 Å². The maximum atomic E-state index is 12.9. The fourth-order valence-electron chi connectivity index (χ4n) is 12.1. The topological polar surface area (TPSA) is 85.4 Å². The van der Waals surface area contributed by atoms with Crippen LogP contribution in [0.25, 0.3) is 0 Å². The summed E-state index contributed by atoms with van der Waals surface area (Å²) in [6.45, 7) is 25.6. The van der Waals surface area contributed by atoms with Crippen molar-refractivity contribution in [2.24, 2.45) is 10.8 Å². The summed E-state index contributed by atoms with van der Waals surface area (Å²) in [6, 6.07) is 0. The highest BCUT2D eigenvalue weighted by molar-refractivity contribution is 5.70. The number of esters is 2. The number of hydrogen-bond donors (Lipinski definition) is 1. The number of ether oxygens (including phenoxy) is 3. The largest absolute Gasteiger partial charge is 0.462 e. The third-order valence-corrected chi connectivity index (χ3v) is 16.4. The molecule has 2 saturated carbocycles.